The quantitative estimate of drug-likeness (QED) is 0.459. The number of pyridine rings is 1. The first kappa shape index (κ1) is 18.9. The predicted octanol–water partition coefficient (Wildman–Crippen LogP) is 2.87. The van der Waals surface area contributed by atoms with Gasteiger partial charge in [-0.2, -0.15) is 5.10 Å². The number of aryl methyl sites for hydroxylation is 1. The van der Waals surface area contributed by atoms with Crippen LogP contribution in [0.1, 0.15) is 16.9 Å². The van der Waals surface area contributed by atoms with Crippen LogP contribution in [-0.2, 0) is 22.3 Å². The monoisotopic (exact) mass is 449 g/mol. The van der Waals surface area contributed by atoms with E-state index in [1.807, 2.05) is 6.07 Å². The molecule has 164 valence electrons. The Kier molecular flexibility index (Phi) is 4.39. The maximum absolute atomic E-state index is 6.14. The average molecular weight is 450 g/mol. The number of epoxide rings is 1. The van der Waals surface area contributed by atoms with Gasteiger partial charge in [0.15, 0.2) is 5.65 Å². The van der Waals surface area contributed by atoms with Crippen molar-refractivity contribution in [3.8, 4) is 0 Å². The normalized spacial score (nSPS) is 25.8. The predicted molar refractivity (Wildman–Crippen MR) is 121 cm³/mol. The number of morpholine rings is 1. The molecule has 4 aromatic heterocycles. The third-order valence-corrected chi connectivity index (χ3v) is 7.97. The van der Waals surface area contributed by atoms with E-state index in [0.29, 0.717) is 12.0 Å². The first-order chi connectivity index (χ1) is 15.8. The molecule has 0 saturated carbocycles. The zero-order chi connectivity index (χ0) is 21.1. The number of hydrogen-bond acceptors (Lipinski definition) is 9. The molecule has 0 aromatic carbocycles. The van der Waals surface area contributed by atoms with Crippen molar-refractivity contribution < 1.29 is 9.47 Å². The number of fused-ring (bicyclic) bond motifs is 4. The van der Waals surface area contributed by atoms with Crippen LogP contribution >= 0.6 is 11.3 Å². The van der Waals surface area contributed by atoms with Gasteiger partial charge in [0.05, 0.1) is 36.7 Å². The molecule has 2 aliphatic heterocycles. The van der Waals surface area contributed by atoms with Gasteiger partial charge < -0.3 is 14.8 Å². The molecule has 0 radical (unpaired) electrons. The fraction of sp³-hybridized carbons (Fsp3) is 0.455. The molecule has 0 amide bonds. The number of aromatic nitrogens is 5. The van der Waals surface area contributed by atoms with Crippen molar-refractivity contribution in [3.63, 3.8) is 0 Å². The first-order valence-corrected chi connectivity index (χ1v) is 11.9. The van der Waals surface area contributed by atoms with E-state index in [1.165, 1.54) is 10.4 Å². The summed E-state index contributed by atoms with van der Waals surface area (Å²) in [6.07, 6.45) is 9.10. The van der Waals surface area contributed by atoms with Gasteiger partial charge in [-0.05, 0) is 36.8 Å². The van der Waals surface area contributed by atoms with Crippen LogP contribution in [0.3, 0.4) is 0 Å². The smallest absolute Gasteiger partial charge is 0.155 e. The van der Waals surface area contributed by atoms with Gasteiger partial charge in [-0.25, -0.2) is 15.0 Å². The van der Waals surface area contributed by atoms with Crippen molar-refractivity contribution in [1.29, 1.82) is 0 Å². The molecule has 32 heavy (non-hydrogen) atoms. The molecular weight excluding hydrogens is 426 g/mol. The maximum Gasteiger partial charge on any atom is 0.155 e. The molecule has 4 aromatic rings. The SMILES string of the molecule is c1nc(Nc2cnc3[nH]ncc3c2)c2c3c(sc2n1)C[C@@H](C1OC1N1CCOCC1)CC3. The van der Waals surface area contributed by atoms with Crippen LogP contribution in [0, 0.1) is 5.92 Å². The lowest BCUT2D eigenvalue weighted by molar-refractivity contribution is 0.0161. The molecule has 9 nitrogen and oxygen atoms in total. The Bertz CT molecular complexity index is 1300. The van der Waals surface area contributed by atoms with E-state index >= 15 is 0 Å². The summed E-state index contributed by atoms with van der Waals surface area (Å²) in [4.78, 5) is 18.5. The fourth-order valence-corrected chi connectivity index (χ4v) is 6.42. The van der Waals surface area contributed by atoms with Crippen LogP contribution in [0.4, 0.5) is 11.5 Å². The van der Waals surface area contributed by atoms with Crippen molar-refractivity contribution in [1.82, 2.24) is 30.0 Å². The second-order valence-electron chi connectivity index (χ2n) is 8.71. The lowest BCUT2D eigenvalue weighted by Crippen LogP contribution is -2.40. The van der Waals surface area contributed by atoms with Crippen LogP contribution < -0.4 is 5.32 Å². The molecule has 6 heterocycles. The van der Waals surface area contributed by atoms with Crippen molar-refractivity contribution in [2.45, 2.75) is 31.6 Å². The standard InChI is InChI=1S/C22H23N7O2S/c1-2-15-16(8-12(1)18-22(31-18)29-3-5-30-6-4-29)32-21-17(15)20(24-11-25-21)27-14-7-13-9-26-28-19(13)23-10-14/h7,9-12,18,22H,1-6,8H2,(H,23,26,28)(H,24,25,27)/t12-,18?,22?/m0/s1. The molecule has 0 spiro atoms. The third-order valence-electron chi connectivity index (χ3n) is 6.81. The van der Waals surface area contributed by atoms with E-state index in [4.69, 9.17) is 9.47 Å². The summed E-state index contributed by atoms with van der Waals surface area (Å²) < 4.78 is 11.6. The van der Waals surface area contributed by atoms with Crippen LogP contribution in [0.15, 0.2) is 24.8 Å². The third kappa shape index (κ3) is 3.17. The van der Waals surface area contributed by atoms with Gasteiger partial charge in [-0.1, -0.05) is 0 Å². The molecule has 3 atom stereocenters. The summed E-state index contributed by atoms with van der Waals surface area (Å²) >= 11 is 1.80. The van der Waals surface area contributed by atoms with E-state index in [-0.39, 0.29) is 6.23 Å². The maximum atomic E-state index is 6.14. The van der Waals surface area contributed by atoms with Crippen LogP contribution in [0.5, 0.6) is 0 Å². The topological polar surface area (TPSA) is 104 Å². The largest absolute Gasteiger partial charge is 0.379 e. The molecule has 0 bridgehead atoms. The lowest BCUT2D eigenvalue weighted by atomic mass is 9.85. The van der Waals surface area contributed by atoms with Gasteiger partial charge in [0, 0.05) is 23.4 Å². The highest BCUT2D eigenvalue weighted by molar-refractivity contribution is 7.19. The Morgan fingerprint density at radius 2 is 2.09 bits per heavy atom. The number of H-pyrrole nitrogens is 1. The highest BCUT2D eigenvalue weighted by Crippen LogP contribution is 2.45. The highest BCUT2D eigenvalue weighted by Gasteiger charge is 2.49. The summed E-state index contributed by atoms with van der Waals surface area (Å²) in [6.45, 7) is 3.59. The number of rotatable bonds is 4. The zero-order valence-corrected chi connectivity index (χ0v) is 18.3. The van der Waals surface area contributed by atoms with E-state index in [1.54, 1.807) is 30.1 Å². The average Bonchev–Trinajstić information content (AvgIpc) is 3.34. The van der Waals surface area contributed by atoms with Gasteiger partial charge in [-0.15, -0.1) is 11.3 Å². The molecule has 10 heteroatoms. The second-order valence-corrected chi connectivity index (χ2v) is 9.79. The Balaban J connectivity index is 1.15. The minimum atomic E-state index is 0.280. The number of ether oxygens (including phenoxy) is 2. The minimum absolute atomic E-state index is 0.280. The van der Waals surface area contributed by atoms with Crippen molar-refractivity contribution >= 4 is 44.1 Å². The fourth-order valence-electron chi connectivity index (χ4n) is 5.14. The number of nitrogens with zero attached hydrogens (tertiary/aromatic N) is 5. The highest BCUT2D eigenvalue weighted by atomic mass is 32.1. The number of thiophene rings is 1. The minimum Gasteiger partial charge on any atom is -0.379 e. The number of aromatic amines is 1. The second kappa shape index (κ2) is 7.45. The Labute approximate surface area is 188 Å². The lowest BCUT2D eigenvalue weighted by Gasteiger charge is -2.26. The summed E-state index contributed by atoms with van der Waals surface area (Å²) in [5.41, 5.74) is 3.07. The molecule has 2 unspecified atom stereocenters. The van der Waals surface area contributed by atoms with E-state index < -0.39 is 0 Å². The van der Waals surface area contributed by atoms with E-state index in [2.05, 4.69) is 35.4 Å². The Morgan fingerprint density at radius 3 is 3.03 bits per heavy atom. The van der Waals surface area contributed by atoms with Crippen molar-refractivity contribution in [2.24, 2.45) is 5.92 Å². The molecule has 2 saturated heterocycles. The zero-order valence-electron chi connectivity index (χ0n) is 17.5. The molecule has 7 rings (SSSR count). The van der Waals surface area contributed by atoms with Crippen molar-refractivity contribution in [2.75, 3.05) is 31.6 Å². The van der Waals surface area contributed by atoms with Crippen molar-refractivity contribution in [3.05, 3.63) is 35.2 Å². The molecule has 1 aliphatic carbocycles. The van der Waals surface area contributed by atoms with Gasteiger partial charge in [-0.3, -0.25) is 10.00 Å². The van der Waals surface area contributed by atoms with E-state index in [0.717, 1.165) is 78.3 Å². The van der Waals surface area contributed by atoms with Gasteiger partial charge >= 0.3 is 0 Å². The molecule has 3 aliphatic rings. The summed E-state index contributed by atoms with van der Waals surface area (Å²) in [6, 6.07) is 2.03. The number of anilines is 2. The summed E-state index contributed by atoms with van der Waals surface area (Å²) in [5, 5.41) is 12.5. The van der Waals surface area contributed by atoms with Gasteiger partial charge in [0.1, 0.15) is 29.3 Å². The Morgan fingerprint density at radius 1 is 1.16 bits per heavy atom. The van der Waals surface area contributed by atoms with Crippen LogP contribution in [-0.4, -0.2) is 68.7 Å². The Hall–Kier alpha value is -2.66. The molecule has 2 fully saturated rings. The van der Waals surface area contributed by atoms with Crippen LogP contribution in [0.2, 0.25) is 0 Å². The first-order valence-electron chi connectivity index (χ1n) is 11.1. The van der Waals surface area contributed by atoms with Crippen LogP contribution in [0.25, 0.3) is 21.3 Å². The van der Waals surface area contributed by atoms with Gasteiger partial charge in [0.2, 0.25) is 0 Å². The summed E-state index contributed by atoms with van der Waals surface area (Å²) in [5.74, 6) is 1.42. The van der Waals surface area contributed by atoms with E-state index in [9.17, 15) is 0 Å². The number of nitrogens with one attached hydrogen (secondary N) is 2. The molecule has 2 N–H and O–H groups in total. The van der Waals surface area contributed by atoms with Gasteiger partial charge in [0.25, 0.3) is 0 Å². The molecular formula is C22H23N7O2S. The summed E-state index contributed by atoms with van der Waals surface area (Å²) in [7, 11) is 0. The number of hydrogen-bond donors (Lipinski definition) is 2.